The zero-order valence-corrected chi connectivity index (χ0v) is 19.0. The van der Waals surface area contributed by atoms with Crippen molar-refractivity contribution in [3.05, 3.63) is 29.8 Å². The van der Waals surface area contributed by atoms with E-state index >= 15 is 0 Å². The molecular weight excluding hydrogens is 456 g/mol. The molecule has 0 spiro atoms. The van der Waals surface area contributed by atoms with Gasteiger partial charge >= 0.3 is 5.97 Å². The molecule has 13 heteroatoms. The van der Waals surface area contributed by atoms with Gasteiger partial charge in [0, 0.05) is 12.2 Å². The number of nitrogens with one attached hydrogen (secondary N) is 3. The molecule has 6 atom stereocenters. The largest absolute Gasteiger partial charge is 0.508 e. The highest BCUT2D eigenvalue weighted by molar-refractivity contribution is 7.80. The number of thiol groups is 1. The van der Waals surface area contributed by atoms with Crippen LogP contribution in [-0.2, 0) is 25.6 Å². The number of hydrogen-bond donors (Lipinski definition) is 9. The third kappa shape index (κ3) is 8.88. The third-order valence-corrected chi connectivity index (χ3v) is 5.06. The second kappa shape index (κ2) is 13.0. The number of amides is 3. The Kier molecular flexibility index (Phi) is 11.1. The number of aromatic hydroxyl groups is 1. The van der Waals surface area contributed by atoms with Gasteiger partial charge in [0.15, 0.2) is 0 Å². The Bertz CT molecular complexity index is 834. The smallest absolute Gasteiger partial charge is 0.327 e. The van der Waals surface area contributed by atoms with Gasteiger partial charge in [0.1, 0.15) is 29.9 Å². The molecule has 0 aliphatic carbocycles. The van der Waals surface area contributed by atoms with Gasteiger partial charge in [-0.05, 0) is 31.5 Å². The lowest BCUT2D eigenvalue weighted by Gasteiger charge is -2.26. The normalized spacial score (nSPS) is 16.4. The molecule has 9 N–H and O–H groups in total. The van der Waals surface area contributed by atoms with Crippen molar-refractivity contribution in [1.29, 1.82) is 0 Å². The minimum atomic E-state index is -1.52. The molecule has 12 nitrogen and oxygen atoms in total. The number of nitrogens with two attached hydrogens (primary N) is 1. The fourth-order valence-corrected chi connectivity index (χ4v) is 2.92. The van der Waals surface area contributed by atoms with Crippen LogP contribution in [0.3, 0.4) is 0 Å². The molecule has 0 aliphatic rings. The first-order valence-corrected chi connectivity index (χ1v) is 10.6. The van der Waals surface area contributed by atoms with Gasteiger partial charge in [0.05, 0.1) is 12.2 Å². The van der Waals surface area contributed by atoms with Crippen LogP contribution < -0.4 is 21.7 Å². The van der Waals surface area contributed by atoms with Crippen molar-refractivity contribution in [2.24, 2.45) is 5.73 Å². The molecule has 1 rings (SSSR count). The van der Waals surface area contributed by atoms with Gasteiger partial charge in [0.2, 0.25) is 17.7 Å². The van der Waals surface area contributed by atoms with Crippen molar-refractivity contribution in [1.82, 2.24) is 16.0 Å². The molecule has 0 bridgehead atoms. The number of carbonyl (C=O) groups is 4. The number of aliphatic carboxylic acids is 1. The van der Waals surface area contributed by atoms with Gasteiger partial charge in [-0.2, -0.15) is 12.6 Å². The average Bonchev–Trinajstić information content (AvgIpc) is 2.75. The van der Waals surface area contributed by atoms with Crippen LogP contribution in [0.15, 0.2) is 24.3 Å². The predicted molar refractivity (Wildman–Crippen MR) is 120 cm³/mol. The Balaban J connectivity index is 3.10. The zero-order valence-electron chi connectivity index (χ0n) is 18.1. The summed E-state index contributed by atoms with van der Waals surface area (Å²) >= 11 is 3.89. The predicted octanol–water partition coefficient (Wildman–Crippen LogP) is -2.51. The maximum absolute atomic E-state index is 12.8. The van der Waals surface area contributed by atoms with Gasteiger partial charge in [-0.25, -0.2) is 4.79 Å². The quantitative estimate of drug-likeness (QED) is 0.143. The number of aliphatic hydroxyl groups excluding tert-OH is 2. The van der Waals surface area contributed by atoms with E-state index in [1.807, 2.05) is 0 Å². The van der Waals surface area contributed by atoms with Crippen LogP contribution in [0.25, 0.3) is 0 Å². The van der Waals surface area contributed by atoms with Crippen molar-refractivity contribution in [3.8, 4) is 5.75 Å². The molecule has 0 radical (unpaired) electrons. The fraction of sp³-hybridized carbons (Fsp3) is 0.500. The number of hydrogen-bond acceptors (Lipinski definition) is 9. The summed E-state index contributed by atoms with van der Waals surface area (Å²) in [5.41, 5.74) is 6.08. The van der Waals surface area contributed by atoms with Gasteiger partial charge < -0.3 is 42.1 Å². The van der Waals surface area contributed by atoms with E-state index in [1.165, 1.54) is 38.1 Å². The number of carbonyl (C=O) groups excluding carboxylic acids is 3. The Morgan fingerprint density at radius 1 is 0.909 bits per heavy atom. The topological polar surface area (TPSA) is 211 Å². The molecule has 3 amide bonds. The lowest BCUT2D eigenvalue weighted by Crippen LogP contribution is -2.61. The molecule has 1 aromatic carbocycles. The van der Waals surface area contributed by atoms with Crippen molar-refractivity contribution >= 4 is 36.3 Å². The summed E-state index contributed by atoms with van der Waals surface area (Å²) in [4.78, 5) is 49.0. The van der Waals surface area contributed by atoms with Crippen LogP contribution in [0.2, 0.25) is 0 Å². The van der Waals surface area contributed by atoms with E-state index in [9.17, 15) is 39.6 Å². The van der Waals surface area contributed by atoms with Gasteiger partial charge in [0.25, 0.3) is 0 Å². The molecule has 0 aromatic heterocycles. The summed E-state index contributed by atoms with van der Waals surface area (Å²) in [5.74, 6) is -4.22. The number of rotatable bonds is 12. The van der Waals surface area contributed by atoms with E-state index in [0.717, 1.165) is 0 Å². The van der Waals surface area contributed by atoms with E-state index in [4.69, 9.17) is 5.73 Å². The van der Waals surface area contributed by atoms with E-state index < -0.39 is 60.1 Å². The highest BCUT2D eigenvalue weighted by atomic mass is 32.1. The number of carboxylic acids is 1. The van der Waals surface area contributed by atoms with Crippen LogP contribution in [0.4, 0.5) is 0 Å². The van der Waals surface area contributed by atoms with Crippen LogP contribution in [0, 0.1) is 0 Å². The molecule has 0 saturated carbocycles. The summed E-state index contributed by atoms with van der Waals surface area (Å²) < 4.78 is 0. The number of aliphatic hydroxyl groups is 2. The Hall–Kier alpha value is -2.87. The van der Waals surface area contributed by atoms with Crippen molar-refractivity contribution in [3.63, 3.8) is 0 Å². The molecule has 184 valence electrons. The minimum Gasteiger partial charge on any atom is -0.508 e. The SMILES string of the molecule is CC(O)C(N)C(=O)NC(C(=O)NC(Cc1ccc(O)cc1)C(=O)NC(CS)C(=O)O)C(C)O. The van der Waals surface area contributed by atoms with Crippen LogP contribution in [0.1, 0.15) is 19.4 Å². The zero-order chi connectivity index (χ0) is 25.3. The van der Waals surface area contributed by atoms with Gasteiger partial charge in [-0.15, -0.1) is 0 Å². The molecule has 0 aliphatic heterocycles. The van der Waals surface area contributed by atoms with Crippen LogP contribution >= 0.6 is 12.6 Å². The molecule has 33 heavy (non-hydrogen) atoms. The highest BCUT2D eigenvalue weighted by Gasteiger charge is 2.33. The monoisotopic (exact) mass is 486 g/mol. The number of phenols is 1. The lowest BCUT2D eigenvalue weighted by atomic mass is 10.0. The van der Waals surface area contributed by atoms with Crippen LogP contribution in [-0.4, -0.2) is 86.2 Å². The van der Waals surface area contributed by atoms with Crippen molar-refractivity contribution in [2.45, 2.75) is 56.6 Å². The van der Waals surface area contributed by atoms with Gasteiger partial charge in [-0.1, -0.05) is 12.1 Å². The molecule has 0 saturated heterocycles. The fourth-order valence-electron chi connectivity index (χ4n) is 2.67. The maximum atomic E-state index is 12.8. The molecule has 0 fully saturated rings. The third-order valence-electron chi connectivity index (χ3n) is 4.69. The first kappa shape index (κ1) is 28.2. The Morgan fingerprint density at radius 3 is 1.91 bits per heavy atom. The Morgan fingerprint density at radius 2 is 1.45 bits per heavy atom. The second-order valence-electron chi connectivity index (χ2n) is 7.51. The Labute approximate surface area is 196 Å². The molecular formula is C20H30N4O8S. The molecule has 1 aromatic rings. The number of benzene rings is 1. The molecule has 6 unspecified atom stereocenters. The van der Waals surface area contributed by atoms with E-state index in [-0.39, 0.29) is 17.9 Å². The second-order valence-corrected chi connectivity index (χ2v) is 7.87. The summed E-state index contributed by atoms with van der Waals surface area (Å²) in [6.45, 7) is 2.51. The summed E-state index contributed by atoms with van der Waals surface area (Å²) in [7, 11) is 0. The lowest BCUT2D eigenvalue weighted by molar-refractivity contribution is -0.141. The first-order chi connectivity index (χ1) is 15.4. The number of phenolic OH excluding ortho intramolecular Hbond substituents is 1. The molecule has 0 heterocycles. The standard InChI is InChI=1S/C20H30N4O8S/c1-9(25)15(21)18(29)24-16(10(2)26)19(30)22-13(7-11-3-5-12(27)6-4-11)17(28)23-14(8-33)20(31)32/h3-6,9-10,13-16,25-27,33H,7-8,21H2,1-2H3,(H,22,30)(H,23,28)(H,24,29)(H,31,32). The average molecular weight is 487 g/mol. The van der Waals surface area contributed by atoms with Crippen molar-refractivity contribution < 1.29 is 39.6 Å². The van der Waals surface area contributed by atoms with E-state index in [1.54, 1.807) is 0 Å². The van der Waals surface area contributed by atoms with Gasteiger partial charge in [-0.3, -0.25) is 14.4 Å². The van der Waals surface area contributed by atoms with Crippen LogP contribution in [0.5, 0.6) is 5.75 Å². The van der Waals surface area contributed by atoms with Crippen molar-refractivity contribution in [2.75, 3.05) is 5.75 Å². The summed E-state index contributed by atoms with van der Waals surface area (Å²) in [5, 5.41) is 44.9. The summed E-state index contributed by atoms with van der Waals surface area (Å²) in [6, 6.07) is 0.255. The minimum absolute atomic E-state index is 0.0175. The highest BCUT2D eigenvalue weighted by Crippen LogP contribution is 2.12. The van der Waals surface area contributed by atoms with E-state index in [0.29, 0.717) is 5.56 Å². The number of carboxylic acid groups (broad SMARTS) is 1. The maximum Gasteiger partial charge on any atom is 0.327 e. The summed E-state index contributed by atoms with van der Waals surface area (Å²) in [6.07, 6.45) is -2.70. The first-order valence-electron chi connectivity index (χ1n) is 10.0. The van der Waals surface area contributed by atoms with E-state index in [2.05, 4.69) is 28.6 Å².